The predicted molar refractivity (Wildman–Crippen MR) is 101 cm³/mol. The lowest BCUT2D eigenvalue weighted by molar-refractivity contribution is 0.102. The van der Waals surface area contributed by atoms with Crippen LogP contribution in [0.2, 0.25) is 0 Å². The van der Waals surface area contributed by atoms with Gasteiger partial charge in [0, 0.05) is 11.6 Å². The zero-order chi connectivity index (χ0) is 17.4. The lowest BCUT2D eigenvalue weighted by Gasteiger charge is -2.07. The van der Waals surface area contributed by atoms with E-state index in [1.165, 1.54) is 0 Å². The van der Waals surface area contributed by atoms with E-state index in [0.717, 1.165) is 26.6 Å². The Kier molecular flexibility index (Phi) is 3.82. The molecule has 0 spiro atoms. The van der Waals surface area contributed by atoms with E-state index in [1.807, 2.05) is 62.4 Å². The van der Waals surface area contributed by atoms with Crippen LogP contribution in [0.15, 0.2) is 54.6 Å². The van der Waals surface area contributed by atoms with Gasteiger partial charge in [-0.3, -0.25) is 4.79 Å². The molecule has 0 fully saturated rings. The Morgan fingerprint density at radius 1 is 1.08 bits per heavy atom. The number of amides is 1. The predicted octanol–water partition coefficient (Wildman–Crippen LogP) is 4.35. The number of hydrogen-bond acceptors (Lipinski definition) is 4. The molecule has 25 heavy (non-hydrogen) atoms. The summed E-state index contributed by atoms with van der Waals surface area (Å²) in [5.74, 6) is 0.453. The molecule has 4 rings (SSSR count). The van der Waals surface area contributed by atoms with Crippen molar-refractivity contribution in [1.29, 1.82) is 0 Å². The van der Waals surface area contributed by atoms with Crippen LogP contribution < -0.4 is 5.32 Å². The van der Waals surface area contributed by atoms with Crippen LogP contribution in [0.4, 0.5) is 5.82 Å². The van der Waals surface area contributed by atoms with E-state index in [9.17, 15) is 4.79 Å². The molecule has 0 aliphatic heterocycles. The SMILES string of the molecule is Cc1cccc(C(=O)Nc2cc(C)nn2-c2nc3ccccc3s2)c1. The molecule has 2 aromatic heterocycles. The Morgan fingerprint density at radius 3 is 2.72 bits per heavy atom. The molecule has 0 aliphatic carbocycles. The summed E-state index contributed by atoms with van der Waals surface area (Å²) in [4.78, 5) is 17.2. The number of carbonyl (C=O) groups excluding carboxylic acids is 1. The van der Waals surface area contributed by atoms with Gasteiger partial charge in [0.25, 0.3) is 5.91 Å². The van der Waals surface area contributed by atoms with Gasteiger partial charge in [0.2, 0.25) is 5.13 Å². The molecular weight excluding hydrogens is 332 g/mol. The number of carbonyl (C=O) groups is 1. The molecule has 1 amide bonds. The average Bonchev–Trinajstić information content (AvgIpc) is 3.17. The van der Waals surface area contributed by atoms with E-state index in [0.29, 0.717) is 11.4 Å². The molecule has 124 valence electrons. The van der Waals surface area contributed by atoms with Crippen molar-refractivity contribution in [3.8, 4) is 5.13 Å². The fourth-order valence-corrected chi connectivity index (χ4v) is 3.59. The second-order valence-corrected chi connectivity index (χ2v) is 6.88. The highest BCUT2D eigenvalue weighted by Crippen LogP contribution is 2.27. The van der Waals surface area contributed by atoms with Crippen LogP contribution in [0.25, 0.3) is 15.3 Å². The first kappa shape index (κ1) is 15.5. The molecule has 0 radical (unpaired) electrons. The van der Waals surface area contributed by atoms with E-state index in [4.69, 9.17) is 0 Å². The van der Waals surface area contributed by atoms with Crippen molar-refractivity contribution in [2.75, 3.05) is 5.32 Å². The largest absolute Gasteiger partial charge is 0.306 e. The number of aryl methyl sites for hydroxylation is 2. The van der Waals surface area contributed by atoms with E-state index < -0.39 is 0 Å². The summed E-state index contributed by atoms with van der Waals surface area (Å²) in [6.45, 7) is 3.86. The number of rotatable bonds is 3. The quantitative estimate of drug-likeness (QED) is 0.599. The molecule has 4 aromatic rings. The van der Waals surface area contributed by atoms with Gasteiger partial charge in [-0.2, -0.15) is 9.78 Å². The maximum Gasteiger partial charge on any atom is 0.256 e. The highest BCUT2D eigenvalue weighted by Gasteiger charge is 2.15. The van der Waals surface area contributed by atoms with Crippen molar-refractivity contribution in [3.63, 3.8) is 0 Å². The van der Waals surface area contributed by atoms with Gasteiger partial charge < -0.3 is 5.32 Å². The van der Waals surface area contributed by atoms with Crippen LogP contribution in [-0.4, -0.2) is 20.7 Å². The minimum atomic E-state index is -0.161. The molecule has 6 heteroatoms. The van der Waals surface area contributed by atoms with Crippen molar-refractivity contribution >= 4 is 33.3 Å². The summed E-state index contributed by atoms with van der Waals surface area (Å²) in [7, 11) is 0. The second kappa shape index (κ2) is 6.14. The van der Waals surface area contributed by atoms with Crippen molar-refractivity contribution < 1.29 is 4.79 Å². The lowest BCUT2D eigenvalue weighted by Crippen LogP contribution is -2.15. The van der Waals surface area contributed by atoms with E-state index in [2.05, 4.69) is 15.4 Å². The number of fused-ring (bicyclic) bond motifs is 1. The molecule has 1 N–H and O–H groups in total. The first-order chi connectivity index (χ1) is 12.1. The Hall–Kier alpha value is -2.99. The second-order valence-electron chi connectivity index (χ2n) is 5.87. The summed E-state index contributed by atoms with van der Waals surface area (Å²) >= 11 is 1.54. The van der Waals surface area contributed by atoms with Gasteiger partial charge in [-0.15, -0.1) is 0 Å². The zero-order valence-electron chi connectivity index (χ0n) is 13.9. The molecule has 0 bridgehead atoms. The fourth-order valence-electron chi connectivity index (χ4n) is 2.66. The Bertz CT molecular complexity index is 1050. The normalized spacial score (nSPS) is 11.0. The molecule has 0 unspecified atom stereocenters. The molecule has 0 saturated heterocycles. The van der Waals surface area contributed by atoms with Gasteiger partial charge in [-0.05, 0) is 38.1 Å². The fraction of sp³-hybridized carbons (Fsp3) is 0.105. The third-order valence-corrected chi connectivity index (χ3v) is 4.83. The first-order valence-electron chi connectivity index (χ1n) is 7.91. The van der Waals surface area contributed by atoms with Crippen LogP contribution in [0.1, 0.15) is 21.6 Å². The summed E-state index contributed by atoms with van der Waals surface area (Å²) in [6.07, 6.45) is 0. The number of nitrogens with one attached hydrogen (secondary N) is 1. The highest BCUT2D eigenvalue weighted by molar-refractivity contribution is 7.20. The van der Waals surface area contributed by atoms with Crippen LogP contribution >= 0.6 is 11.3 Å². The van der Waals surface area contributed by atoms with Crippen molar-refractivity contribution in [2.24, 2.45) is 0 Å². The number of thiazole rings is 1. The van der Waals surface area contributed by atoms with Gasteiger partial charge in [0.15, 0.2) is 0 Å². The summed E-state index contributed by atoms with van der Waals surface area (Å²) in [6, 6.07) is 17.3. The molecule has 2 heterocycles. The van der Waals surface area contributed by atoms with Crippen molar-refractivity contribution in [3.05, 3.63) is 71.4 Å². The van der Waals surface area contributed by atoms with Crippen LogP contribution in [0, 0.1) is 13.8 Å². The highest BCUT2D eigenvalue weighted by atomic mass is 32.1. The Balaban J connectivity index is 1.70. The maximum absolute atomic E-state index is 12.6. The maximum atomic E-state index is 12.6. The molecule has 0 aliphatic rings. The molecule has 5 nitrogen and oxygen atoms in total. The number of para-hydroxylation sites is 1. The minimum absolute atomic E-state index is 0.161. The van der Waals surface area contributed by atoms with E-state index >= 15 is 0 Å². The van der Waals surface area contributed by atoms with Crippen LogP contribution in [-0.2, 0) is 0 Å². The van der Waals surface area contributed by atoms with Gasteiger partial charge in [-0.25, -0.2) is 4.98 Å². The summed E-state index contributed by atoms with van der Waals surface area (Å²) in [5, 5.41) is 8.17. The van der Waals surface area contributed by atoms with Crippen molar-refractivity contribution in [2.45, 2.75) is 13.8 Å². The monoisotopic (exact) mass is 348 g/mol. The molecular formula is C19H16N4OS. The lowest BCUT2D eigenvalue weighted by atomic mass is 10.1. The third kappa shape index (κ3) is 3.04. The van der Waals surface area contributed by atoms with Crippen LogP contribution in [0.3, 0.4) is 0 Å². The smallest absolute Gasteiger partial charge is 0.256 e. The number of nitrogens with zero attached hydrogens (tertiary/aromatic N) is 3. The number of hydrogen-bond donors (Lipinski definition) is 1. The molecule has 2 aromatic carbocycles. The average molecular weight is 348 g/mol. The number of benzene rings is 2. The molecule has 0 saturated carbocycles. The summed E-state index contributed by atoms with van der Waals surface area (Å²) < 4.78 is 2.77. The molecule has 0 atom stereocenters. The van der Waals surface area contributed by atoms with Crippen molar-refractivity contribution in [1.82, 2.24) is 14.8 Å². The van der Waals surface area contributed by atoms with Gasteiger partial charge in [0.05, 0.1) is 15.9 Å². The Morgan fingerprint density at radius 2 is 1.92 bits per heavy atom. The minimum Gasteiger partial charge on any atom is -0.306 e. The summed E-state index contributed by atoms with van der Waals surface area (Å²) in [5.41, 5.74) is 3.41. The number of aromatic nitrogens is 3. The van der Waals surface area contributed by atoms with E-state index in [-0.39, 0.29) is 5.91 Å². The standard InChI is InChI=1S/C19H16N4OS/c1-12-6-5-7-14(10-12)18(24)21-17-11-13(2)22-23(17)19-20-15-8-3-4-9-16(15)25-19/h3-11H,1-2H3,(H,21,24). The van der Waals surface area contributed by atoms with Crippen LogP contribution in [0.5, 0.6) is 0 Å². The first-order valence-corrected chi connectivity index (χ1v) is 8.72. The van der Waals surface area contributed by atoms with Gasteiger partial charge in [-0.1, -0.05) is 41.2 Å². The zero-order valence-corrected chi connectivity index (χ0v) is 14.7. The third-order valence-electron chi connectivity index (χ3n) is 3.82. The number of anilines is 1. The van der Waals surface area contributed by atoms with E-state index in [1.54, 1.807) is 22.1 Å². The van der Waals surface area contributed by atoms with Gasteiger partial charge in [0.1, 0.15) is 5.82 Å². The van der Waals surface area contributed by atoms with Gasteiger partial charge >= 0.3 is 0 Å². The topological polar surface area (TPSA) is 59.8 Å². The Labute approximate surface area is 149 Å².